The summed E-state index contributed by atoms with van der Waals surface area (Å²) in [6, 6.07) is 9.94. The summed E-state index contributed by atoms with van der Waals surface area (Å²) in [5.74, 6) is 0. The van der Waals surface area contributed by atoms with Gasteiger partial charge in [-0.2, -0.15) is 0 Å². The van der Waals surface area contributed by atoms with E-state index in [1.807, 2.05) is 51.1 Å². The number of hydrogen-bond acceptors (Lipinski definition) is 3. The first-order chi connectivity index (χ1) is 10.7. The van der Waals surface area contributed by atoms with E-state index in [0.717, 1.165) is 44.3 Å². The average Bonchev–Trinajstić information content (AvgIpc) is 2.45. The highest BCUT2D eigenvalue weighted by Crippen LogP contribution is 2.50. The zero-order valence-electron chi connectivity index (χ0n) is 14.3. The Hall–Kier alpha value is -1.55. The fourth-order valence-electron chi connectivity index (χ4n) is 3.77. The molecule has 1 amide bonds. The van der Waals surface area contributed by atoms with Crippen molar-refractivity contribution in [1.29, 1.82) is 0 Å². The van der Waals surface area contributed by atoms with Gasteiger partial charge in [0.25, 0.3) is 0 Å². The van der Waals surface area contributed by atoms with Crippen LogP contribution in [-0.2, 0) is 10.3 Å². The molecule has 1 aliphatic heterocycles. The lowest BCUT2D eigenvalue weighted by atomic mass is 9.63. The quantitative estimate of drug-likeness (QED) is 0.859. The lowest BCUT2D eigenvalue weighted by molar-refractivity contribution is -0.0963. The van der Waals surface area contributed by atoms with E-state index in [2.05, 4.69) is 0 Å². The molecule has 0 bridgehead atoms. The van der Waals surface area contributed by atoms with Gasteiger partial charge in [0.15, 0.2) is 0 Å². The molecule has 0 aromatic heterocycles. The first-order valence-electron chi connectivity index (χ1n) is 8.47. The number of hydrogen-bond donors (Lipinski definition) is 1. The van der Waals surface area contributed by atoms with E-state index in [0.29, 0.717) is 0 Å². The highest BCUT2D eigenvalue weighted by Gasteiger charge is 2.51. The SMILES string of the molecule is CC(C)(C)OC(=O)N1CC2(CCC(O)(c3ccccc3)CC2)C1. The zero-order valence-corrected chi connectivity index (χ0v) is 14.3. The molecule has 1 N–H and O–H groups in total. The molecule has 4 heteroatoms. The van der Waals surface area contributed by atoms with Gasteiger partial charge in [-0.15, -0.1) is 0 Å². The fourth-order valence-corrected chi connectivity index (χ4v) is 3.77. The number of likely N-dealkylation sites (tertiary alicyclic amines) is 1. The van der Waals surface area contributed by atoms with Gasteiger partial charge in [0, 0.05) is 18.5 Å². The molecular formula is C19H27NO3. The predicted molar refractivity (Wildman–Crippen MR) is 89.0 cm³/mol. The standard InChI is InChI=1S/C19H27NO3/c1-17(2,3)23-16(21)20-13-18(14-20)9-11-19(22,12-10-18)15-7-5-4-6-8-15/h4-8,22H,9-14H2,1-3H3. The van der Waals surface area contributed by atoms with Crippen molar-refractivity contribution in [2.24, 2.45) is 5.41 Å². The molecule has 23 heavy (non-hydrogen) atoms. The van der Waals surface area contributed by atoms with Crippen molar-refractivity contribution in [2.75, 3.05) is 13.1 Å². The summed E-state index contributed by atoms with van der Waals surface area (Å²) in [6.07, 6.45) is 3.22. The molecule has 1 saturated carbocycles. The van der Waals surface area contributed by atoms with Crippen molar-refractivity contribution in [3.8, 4) is 0 Å². The van der Waals surface area contributed by atoms with Crippen LogP contribution in [0.15, 0.2) is 30.3 Å². The van der Waals surface area contributed by atoms with Crippen LogP contribution >= 0.6 is 0 Å². The third-order valence-corrected chi connectivity index (χ3v) is 5.15. The van der Waals surface area contributed by atoms with Crippen LogP contribution in [0.5, 0.6) is 0 Å². The topological polar surface area (TPSA) is 49.8 Å². The highest BCUT2D eigenvalue weighted by molar-refractivity contribution is 5.69. The minimum atomic E-state index is -0.709. The molecule has 1 heterocycles. The lowest BCUT2D eigenvalue weighted by Gasteiger charge is -2.54. The summed E-state index contributed by atoms with van der Waals surface area (Å²) in [6.45, 7) is 7.18. The first-order valence-corrected chi connectivity index (χ1v) is 8.47. The largest absolute Gasteiger partial charge is 0.444 e. The van der Waals surface area contributed by atoms with Gasteiger partial charge in [0.2, 0.25) is 0 Å². The zero-order chi connectivity index (χ0) is 16.7. The summed E-state index contributed by atoms with van der Waals surface area (Å²) in [5.41, 5.74) is 0.0367. The van der Waals surface area contributed by atoms with Crippen LogP contribution in [0, 0.1) is 5.41 Å². The average molecular weight is 317 g/mol. The number of benzene rings is 1. The van der Waals surface area contributed by atoms with E-state index < -0.39 is 11.2 Å². The van der Waals surface area contributed by atoms with Crippen molar-refractivity contribution in [2.45, 2.75) is 57.7 Å². The van der Waals surface area contributed by atoms with Crippen molar-refractivity contribution in [1.82, 2.24) is 4.90 Å². The smallest absolute Gasteiger partial charge is 0.410 e. The molecule has 4 nitrogen and oxygen atoms in total. The van der Waals surface area contributed by atoms with Crippen molar-refractivity contribution in [3.63, 3.8) is 0 Å². The van der Waals surface area contributed by atoms with Crippen LogP contribution in [0.4, 0.5) is 4.79 Å². The Morgan fingerprint density at radius 2 is 1.65 bits per heavy atom. The predicted octanol–water partition coefficient (Wildman–Crippen LogP) is 3.69. The highest BCUT2D eigenvalue weighted by atomic mass is 16.6. The van der Waals surface area contributed by atoms with Gasteiger partial charge < -0.3 is 14.7 Å². The van der Waals surface area contributed by atoms with E-state index >= 15 is 0 Å². The van der Waals surface area contributed by atoms with Gasteiger partial charge in [-0.1, -0.05) is 30.3 Å². The molecule has 1 aromatic carbocycles. The molecule has 126 valence electrons. The lowest BCUT2D eigenvalue weighted by Crippen LogP contribution is -2.61. The molecule has 1 saturated heterocycles. The molecule has 1 aliphatic carbocycles. The monoisotopic (exact) mass is 317 g/mol. The molecule has 1 aromatic rings. The van der Waals surface area contributed by atoms with Crippen LogP contribution in [-0.4, -0.2) is 34.8 Å². The van der Waals surface area contributed by atoms with E-state index in [-0.39, 0.29) is 11.5 Å². The number of aliphatic hydroxyl groups is 1. The normalized spacial score (nSPS) is 22.5. The number of amides is 1. The molecule has 1 spiro atoms. The number of rotatable bonds is 1. The van der Waals surface area contributed by atoms with Crippen molar-refractivity contribution >= 4 is 6.09 Å². The summed E-state index contributed by atoms with van der Waals surface area (Å²) in [4.78, 5) is 13.9. The Bertz CT molecular complexity index is 560. The number of ether oxygens (including phenoxy) is 1. The Balaban J connectivity index is 1.56. The van der Waals surface area contributed by atoms with Crippen LogP contribution in [0.25, 0.3) is 0 Å². The maximum atomic E-state index is 12.1. The van der Waals surface area contributed by atoms with Crippen LogP contribution in [0.1, 0.15) is 52.0 Å². The summed E-state index contributed by atoms with van der Waals surface area (Å²) >= 11 is 0. The van der Waals surface area contributed by atoms with Gasteiger partial charge in [-0.3, -0.25) is 0 Å². The molecule has 0 atom stereocenters. The minimum Gasteiger partial charge on any atom is -0.444 e. The summed E-state index contributed by atoms with van der Waals surface area (Å²) < 4.78 is 5.42. The van der Waals surface area contributed by atoms with Crippen LogP contribution in [0.2, 0.25) is 0 Å². The van der Waals surface area contributed by atoms with E-state index in [1.165, 1.54) is 0 Å². The molecule has 3 rings (SSSR count). The Kier molecular flexibility index (Phi) is 3.91. The van der Waals surface area contributed by atoms with Gasteiger partial charge in [0.05, 0.1) is 5.60 Å². The third-order valence-electron chi connectivity index (χ3n) is 5.15. The molecule has 0 radical (unpaired) electrons. The Morgan fingerprint density at radius 1 is 1.09 bits per heavy atom. The maximum Gasteiger partial charge on any atom is 0.410 e. The van der Waals surface area contributed by atoms with Crippen LogP contribution in [0.3, 0.4) is 0 Å². The first kappa shape index (κ1) is 16.3. The van der Waals surface area contributed by atoms with E-state index in [1.54, 1.807) is 4.90 Å². The third kappa shape index (κ3) is 3.37. The van der Waals surface area contributed by atoms with Gasteiger partial charge in [0.1, 0.15) is 5.60 Å². The molecular weight excluding hydrogens is 290 g/mol. The van der Waals surface area contributed by atoms with E-state index in [9.17, 15) is 9.90 Å². The van der Waals surface area contributed by atoms with E-state index in [4.69, 9.17) is 4.74 Å². The minimum absolute atomic E-state index is 0.178. The van der Waals surface area contributed by atoms with Crippen LogP contribution < -0.4 is 0 Å². The summed E-state index contributed by atoms with van der Waals surface area (Å²) in [7, 11) is 0. The summed E-state index contributed by atoms with van der Waals surface area (Å²) in [5, 5.41) is 10.9. The second-order valence-electron chi connectivity index (χ2n) is 8.23. The number of carbonyl (C=O) groups is 1. The maximum absolute atomic E-state index is 12.1. The Labute approximate surface area is 138 Å². The number of nitrogens with zero attached hydrogens (tertiary/aromatic N) is 1. The second kappa shape index (κ2) is 5.52. The van der Waals surface area contributed by atoms with Gasteiger partial charge >= 0.3 is 6.09 Å². The Morgan fingerprint density at radius 3 is 2.17 bits per heavy atom. The molecule has 2 aliphatic rings. The molecule has 0 unspecified atom stereocenters. The molecule has 2 fully saturated rings. The number of carbonyl (C=O) groups excluding carboxylic acids is 1. The van der Waals surface area contributed by atoms with Crippen molar-refractivity contribution < 1.29 is 14.6 Å². The van der Waals surface area contributed by atoms with Crippen molar-refractivity contribution in [3.05, 3.63) is 35.9 Å². The van der Waals surface area contributed by atoms with Gasteiger partial charge in [-0.25, -0.2) is 4.79 Å². The van der Waals surface area contributed by atoms with Gasteiger partial charge in [-0.05, 0) is 52.0 Å². The second-order valence-corrected chi connectivity index (χ2v) is 8.23. The fraction of sp³-hybridized carbons (Fsp3) is 0.632.